The predicted octanol–water partition coefficient (Wildman–Crippen LogP) is 3.49. The molecule has 2 aromatic rings. The molecule has 1 aromatic carbocycles. The first-order chi connectivity index (χ1) is 12.6. The second-order valence-corrected chi connectivity index (χ2v) is 8.17. The maximum absolute atomic E-state index is 10.9. The third-order valence-electron chi connectivity index (χ3n) is 4.45. The topological polar surface area (TPSA) is 40.8 Å². The Kier molecular flexibility index (Phi) is 6.13. The van der Waals surface area contributed by atoms with Gasteiger partial charge in [0.05, 0.1) is 11.5 Å². The predicted molar refractivity (Wildman–Crippen MR) is 110 cm³/mol. The third-order valence-corrected chi connectivity index (χ3v) is 6.86. The minimum absolute atomic E-state index is 0.453. The molecule has 0 spiro atoms. The Labute approximate surface area is 162 Å². The van der Waals surface area contributed by atoms with E-state index in [1.54, 1.807) is 23.1 Å². The standard InChI is InChI=1S/C21H24O3S2/c1-5-14-15(6-2)20(24-8-4)21-16(19(14)22)11-18(26-21)17-10-9-13(25-17)12-23-7-3/h9-10H,5-8,11H2,1-4H3/p+1. The van der Waals surface area contributed by atoms with Gasteiger partial charge in [0.1, 0.15) is 11.5 Å². The van der Waals surface area contributed by atoms with Gasteiger partial charge in [-0.3, -0.25) is 0 Å². The van der Waals surface area contributed by atoms with Gasteiger partial charge in [-0.2, -0.15) is 0 Å². The highest BCUT2D eigenvalue weighted by Gasteiger charge is 2.29. The van der Waals surface area contributed by atoms with E-state index in [2.05, 4.69) is 25.9 Å². The van der Waals surface area contributed by atoms with Crippen molar-refractivity contribution < 1.29 is 14.3 Å². The molecule has 1 aromatic heterocycles. The van der Waals surface area contributed by atoms with Crippen LogP contribution >= 0.6 is 23.1 Å². The number of carbonyl (C=O) groups excluding carboxylic acids is 1. The van der Waals surface area contributed by atoms with Crippen LogP contribution in [-0.2, 0) is 23.7 Å². The van der Waals surface area contributed by atoms with Gasteiger partial charge in [-0.25, -0.2) is 4.42 Å². The molecule has 1 aliphatic heterocycles. The number of phenols is 1. The summed E-state index contributed by atoms with van der Waals surface area (Å²) in [5.74, 6) is 4.38. The van der Waals surface area contributed by atoms with Crippen molar-refractivity contribution in [3.63, 3.8) is 0 Å². The number of ether oxygens (including phenoxy) is 1. The van der Waals surface area contributed by atoms with Crippen LogP contribution in [0.2, 0.25) is 0 Å². The van der Waals surface area contributed by atoms with Crippen molar-refractivity contribution in [2.24, 2.45) is 0 Å². The fourth-order valence-corrected chi connectivity index (χ4v) is 5.55. The summed E-state index contributed by atoms with van der Waals surface area (Å²) in [6.07, 6.45) is 2.41. The number of thioether (sulfide) groups is 1. The normalized spacial score (nSPS) is 14.9. The van der Waals surface area contributed by atoms with E-state index in [0.717, 1.165) is 51.1 Å². The second-order valence-electron chi connectivity index (χ2n) is 5.98. The van der Waals surface area contributed by atoms with Crippen LogP contribution in [0.5, 0.6) is 11.5 Å². The number of hydrogen-bond donors (Lipinski definition) is 1. The third kappa shape index (κ3) is 3.44. The summed E-state index contributed by atoms with van der Waals surface area (Å²) >= 11 is 3.40. The molecular formula is C21H25O3S2+. The molecule has 1 aliphatic rings. The van der Waals surface area contributed by atoms with Gasteiger partial charge in [0, 0.05) is 39.5 Å². The fourth-order valence-electron chi connectivity index (χ4n) is 3.31. The van der Waals surface area contributed by atoms with Crippen molar-refractivity contribution in [2.45, 2.75) is 51.9 Å². The van der Waals surface area contributed by atoms with Crippen LogP contribution in [0.15, 0.2) is 17.0 Å². The van der Waals surface area contributed by atoms with Gasteiger partial charge in [-0.1, -0.05) is 25.6 Å². The second kappa shape index (κ2) is 8.34. The first kappa shape index (κ1) is 19.1. The van der Waals surface area contributed by atoms with E-state index >= 15 is 0 Å². The molecule has 2 heterocycles. The lowest BCUT2D eigenvalue weighted by Crippen LogP contribution is -2.03. The summed E-state index contributed by atoms with van der Waals surface area (Å²) in [6, 6.07) is 4.14. The van der Waals surface area contributed by atoms with Crippen molar-refractivity contribution >= 4 is 33.9 Å². The summed E-state index contributed by atoms with van der Waals surface area (Å²) in [7, 11) is 0. The van der Waals surface area contributed by atoms with Crippen LogP contribution in [0.1, 0.15) is 44.4 Å². The Morgan fingerprint density at radius 2 is 1.92 bits per heavy atom. The van der Waals surface area contributed by atoms with Crippen molar-refractivity contribution in [3.05, 3.63) is 37.9 Å². The molecule has 5 heteroatoms. The van der Waals surface area contributed by atoms with E-state index in [4.69, 9.17) is 9.16 Å². The van der Waals surface area contributed by atoms with Crippen molar-refractivity contribution in [1.82, 2.24) is 0 Å². The molecule has 0 aliphatic carbocycles. The molecule has 0 bridgehead atoms. The monoisotopic (exact) mass is 389 g/mol. The molecule has 26 heavy (non-hydrogen) atoms. The molecule has 0 amide bonds. The van der Waals surface area contributed by atoms with Gasteiger partial charge in [0.2, 0.25) is 0 Å². The molecular weight excluding hydrogens is 364 g/mol. The van der Waals surface area contributed by atoms with E-state index in [1.807, 2.05) is 19.9 Å². The molecule has 0 saturated heterocycles. The maximum Gasteiger partial charge on any atom is 0.363 e. The number of aromatic hydroxyl groups is 1. The highest BCUT2D eigenvalue weighted by Crippen LogP contribution is 2.52. The highest BCUT2D eigenvalue weighted by atomic mass is 32.2. The Hall–Kier alpha value is -1.68. The van der Waals surface area contributed by atoms with Crippen LogP contribution < -0.4 is 13.8 Å². The van der Waals surface area contributed by atoms with E-state index in [1.165, 1.54) is 9.44 Å². The van der Waals surface area contributed by atoms with Gasteiger partial charge in [0.15, 0.2) is 4.53 Å². The Morgan fingerprint density at radius 1 is 1.15 bits per heavy atom. The fraction of sp³-hybridized carbons (Fsp3) is 0.429. The summed E-state index contributed by atoms with van der Waals surface area (Å²) in [6.45, 7) is 9.43. The number of rotatable bonds is 5. The number of thiophene rings is 1. The smallest absolute Gasteiger partial charge is 0.363 e. The molecule has 0 unspecified atom stereocenters. The molecule has 0 radical (unpaired) electrons. The minimum Gasteiger partial charge on any atom is -0.507 e. The summed E-state index contributed by atoms with van der Waals surface area (Å²) < 4.78 is 13.5. The molecule has 138 valence electrons. The van der Waals surface area contributed by atoms with Gasteiger partial charge in [0.25, 0.3) is 6.61 Å². The minimum atomic E-state index is 0.453. The lowest BCUT2D eigenvalue weighted by molar-refractivity contribution is 0.127. The van der Waals surface area contributed by atoms with Gasteiger partial charge < -0.3 is 9.84 Å². The first-order valence-electron chi connectivity index (χ1n) is 9.18. The zero-order valence-corrected chi connectivity index (χ0v) is 17.4. The number of phenolic OH excluding ortho intramolecular Hbond substituents is 1. The van der Waals surface area contributed by atoms with Gasteiger partial charge in [-0.15, -0.1) is 11.3 Å². The molecule has 0 saturated carbocycles. The Balaban J connectivity index is 2.17. The summed E-state index contributed by atoms with van der Waals surface area (Å²) in [5, 5.41) is 10.9. The van der Waals surface area contributed by atoms with Gasteiger partial charge >= 0.3 is 5.94 Å². The SMILES string of the molecule is CCOc1c(CC)c(CC)c(O)c2c1SC(=c1ccc(=C=[O+]CC)s1)C2. The average Bonchev–Trinajstić information content (AvgIpc) is 3.29. The maximum atomic E-state index is 10.9. The van der Waals surface area contributed by atoms with E-state index in [-0.39, 0.29) is 0 Å². The van der Waals surface area contributed by atoms with Crippen molar-refractivity contribution in [2.75, 3.05) is 13.2 Å². The zero-order valence-electron chi connectivity index (χ0n) is 15.8. The highest BCUT2D eigenvalue weighted by molar-refractivity contribution is 8.08. The molecule has 1 N–H and O–H groups in total. The van der Waals surface area contributed by atoms with Crippen LogP contribution in [-0.4, -0.2) is 24.3 Å². The quantitative estimate of drug-likeness (QED) is 0.796. The number of fused-ring (bicyclic) bond motifs is 1. The summed E-state index contributed by atoms with van der Waals surface area (Å²) in [5.41, 5.74) is 3.18. The van der Waals surface area contributed by atoms with Crippen LogP contribution in [0, 0.1) is 0 Å². The zero-order chi connectivity index (χ0) is 18.7. The van der Waals surface area contributed by atoms with Crippen LogP contribution in [0.3, 0.4) is 0 Å². The van der Waals surface area contributed by atoms with Crippen LogP contribution in [0.4, 0.5) is 0 Å². The van der Waals surface area contributed by atoms with Crippen molar-refractivity contribution in [1.29, 1.82) is 0 Å². The first-order valence-corrected chi connectivity index (χ1v) is 10.8. The van der Waals surface area contributed by atoms with Gasteiger partial charge in [-0.05, 0) is 31.9 Å². The molecule has 0 fully saturated rings. The lowest BCUT2D eigenvalue weighted by Gasteiger charge is -2.19. The Bertz CT molecular complexity index is 966. The average molecular weight is 390 g/mol. The van der Waals surface area contributed by atoms with Crippen LogP contribution in [0.25, 0.3) is 4.91 Å². The summed E-state index contributed by atoms with van der Waals surface area (Å²) in [4.78, 5) is 2.34. The number of hydrogen-bond acceptors (Lipinski definition) is 4. The van der Waals surface area contributed by atoms with E-state index < -0.39 is 0 Å². The lowest BCUT2D eigenvalue weighted by atomic mass is 9.95. The molecule has 3 nitrogen and oxygen atoms in total. The molecule has 3 rings (SSSR count). The number of benzene rings is 1. The van der Waals surface area contributed by atoms with E-state index in [0.29, 0.717) is 19.0 Å². The van der Waals surface area contributed by atoms with Crippen molar-refractivity contribution in [3.8, 4) is 11.5 Å². The van der Waals surface area contributed by atoms with E-state index in [9.17, 15) is 5.11 Å². The Morgan fingerprint density at radius 3 is 2.58 bits per heavy atom. The molecule has 0 atom stereocenters. The largest absolute Gasteiger partial charge is 0.507 e.